The van der Waals surface area contributed by atoms with Crippen molar-refractivity contribution in [3.8, 4) is 0 Å². The number of nitrogens with two attached hydrogens (primary N) is 1. The molecule has 0 fully saturated rings. The quantitative estimate of drug-likeness (QED) is 0.273. The van der Waals surface area contributed by atoms with E-state index in [0.717, 1.165) is 18.6 Å². The molecule has 0 spiro atoms. The van der Waals surface area contributed by atoms with Crippen LogP contribution < -0.4 is 11.3 Å². The van der Waals surface area contributed by atoms with Crippen molar-refractivity contribution in [1.82, 2.24) is 5.43 Å². The summed E-state index contributed by atoms with van der Waals surface area (Å²) in [6, 6.07) is 1.91. The Morgan fingerprint density at radius 1 is 1.31 bits per heavy atom. The summed E-state index contributed by atoms with van der Waals surface area (Å²) in [5, 5.41) is 0. The molecular weight excluding hydrogens is 219 g/mol. The van der Waals surface area contributed by atoms with Crippen LogP contribution in [0.15, 0.2) is 17.1 Å². The topological polar surface area (TPSA) is 50.4 Å². The van der Waals surface area contributed by atoms with Gasteiger partial charge in [0.1, 0.15) is 5.84 Å². The van der Waals surface area contributed by atoms with E-state index in [0.29, 0.717) is 6.54 Å². The lowest BCUT2D eigenvalue weighted by Crippen LogP contribution is -2.32. The predicted molar refractivity (Wildman–Crippen MR) is 55.3 cm³/mol. The van der Waals surface area contributed by atoms with Crippen molar-refractivity contribution in [2.75, 3.05) is 6.54 Å². The van der Waals surface area contributed by atoms with Crippen molar-refractivity contribution in [2.45, 2.75) is 13.3 Å². The van der Waals surface area contributed by atoms with E-state index in [1.54, 1.807) is 0 Å². The van der Waals surface area contributed by atoms with Gasteiger partial charge in [-0.1, -0.05) is 6.92 Å². The van der Waals surface area contributed by atoms with Gasteiger partial charge in [0.25, 0.3) is 0 Å². The second-order valence-corrected chi connectivity index (χ2v) is 3.10. The lowest BCUT2D eigenvalue weighted by molar-refractivity contribution is 0.446. The average molecular weight is 231 g/mol. The number of nitrogens with one attached hydrogen (secondary N) is 1. The van der Waals surface area contributed by atoms with Crippen molar-refractivity contribution >= 4 is 5.84 Å². The number of hydrogen-bond donors (Lipinski definition) is 2. The van der Waals surface area contributed by atoms with Crippen LogP contribution in [0.2, 0.25) is 0 Å². The van der Waals surface area contributed by atoms with E-state index in [9.17, 15) is 13.2 Å². The van der Waals surface area contributed by atoms with E-state index in [2.05, 4.69) is 10.4 Å². The Hall–Kier alpha value is -1.56. The zero-order valence-electron chi connectivity index (χ0n) is 8.73. The normalized spacial score (nSPS) is 11.7. The standard InChI is InChI=1S/C10H12F3N3/c1-2-5-15-10(16-14)6-3-4-7(11)9(13)8(6)12/h3-4H,2,5,14H2,1H3,(H,15,16). The van der Waals surface area contributed by atoms with E-state index in [4.69, 9.17) is 5.84 Å². The molecule has 0 heterocycles. The van der Waals surface area contributed by atoms with E-state index in [1.807, 2.05) is 6.92 Å². The first kappa shape index (κ1) is 12.5. The van der Waals surface area contributed by atoms with Gasteiger partial charge in [0, 0.05) is 6.54 Å². The molecule has 0 atom stereocenters. The van der Waals surface area contributed by atoms with Crippen LogP contribution in [-0.4, -0.2) is 12.4 Å². The lowest BCUT2D eigenvalue weighted by atomic mass is 10.2. The average Bonchev–Trinajstić information content (AvgIpc) is 2.29. The summed E-state index contributed by atoms with van der Waals surface area (Å²) >= 11 is 0. The zero-order chi connectivity index (χ0) is 12.1. The largest absolute Gasteiger partial charge is 0.308 e. The van der Waals surface area contributed by atoms with Crippen molar-refractivity contribution in [3.63, 3.8) is 0 Å². The highest BCUT2D eigenvalue weighted by Crippen LogP contribution is 2.15. The van der Waals surface area contributed by atoms with E-state index in [1.165, 1.54) is 0 Å². The summed E-state index contributed by atoms with van der Waals surface area (Å²) in [5.41, 5.74) is 1.98. The van der Waals surface area contributed by atoms with E-state index in [-0.39, 0.29) is 11.4 Å². The van der Waals surface area contributed by atoms with Gasteiger partial charge < -0.3 is 5.43 Å². The Bertz CT molecular complexity index is 405. The minimum atomic E-state index is -1.53. The lowest BCUT2D eigenvalue weighted by Gasteiger charge is -2.07. The highest BCUT2D eigenvalue weighted by Gasteiger charge is 2.16. The molecule has 6 heteroatoms. The van der Waals surface area contributed by atoms with Gasteiger partial charge in [0.2, 0.25) is 0 Å². The number of amidine groups is 1. The van der Waals surface area contributed by atoms with E-state index < -0.39 is 17.5 Å². The van der Waals surface area contributed by atoms with Gasteiger partial charge in [-0.3, -0.25) is 4.99 Å². The molecule has 0 aliphatic heterocycles. The maximum atomic E-state index is 13.3. The Morgan fingerprint density at radius 3 is 2.56 bits per heavy atom. The summed E-state index contributed by atoms with van der Waals surface area (Å²) in [6.45, 7) is 2.29. The number of halogens is 3. The molecule has 1 aromatic carbocycles. The Kier molecular flexibility index (Phi) is 4.30. The maximum Gasteiger partial charge on any atom is 0.195 e. The third kappa shape index (κ3) is 2.52. The maximum absolute atomic E-state index is 13.3. The molecule has 0 saturated carbocycles. The molecule has 1 aromatic rings. The van der Waals surface area contributed by atoms with Crippen LogP contribution in [0.5, 0.6) is 0 Å². The van der Waals surface area contributed by atoms with E-state index >= 15 is 0 Å². The zero-order valence-corrected chi connectivity index (χ0v) is 8.73. The molecule has 0 aliphatic rings. The summed E-state index contributed by atoms with van der Waals surface area (Å²) in [5.74, 6) is 1.07. The smallest absolute Gasteiger partial charge is 0.195 e. The Labute approximate surface area is 91.1 Å². The SMILES string of the molecule is CCCN=C(NN)c1ccc(F)c(F)c1F. The predicted octanol–water partition coefficient (Wildman–Crippen LogP) is 1.72. The summed E-state index contributed by atoms with van der Waals surface area (Å²) in [7, 11) is 0. The number of hydrogen-bond acceptors (Lipinski definition) is 2. The molecule has 1 rings (SSSR count). The molecule has 0 aliphatic carbocycles. The molecule has 0 unspecified atom stereocenters. The van der Waals surface area contributed by atoms with Crippen molar-refractivity contribution in [1.29, 1.82) is 0 Å². The molecule has 16 heavy (non-hydrogen) atoms. The molecule has 0 radical (unpaired) electrons. The molecule has 3 nitrogen and oxygen atoms in total. The summed E-state index contributed by atoms with van der Waals surface area (Å²) in [4.78, 5) is 3.91. The summed E-state index contributed by atoms with van der Waals surface area (Å²) < 4.78 is 38.9. The van der Waals surface area contributed by atoms with Gasteiger partial charge in [0.05, 0.1) is 5.56 Å². The van der Waals surface area contributed by atoms with Crippen LogP contribution in [0.4, 0.5) is 13.2 Å². The number of hydrazine groups is 1. The fourth-order valence-electron chi connectivity index (χ4n) is 1.14. The first-order chi connectivity index (χ1) is 7.61. The second-order valence-electron chi connectivity index (χ2n) is 3.10. The number of rotatable bonds is 3. The van der Waals surface area contributed by atoms with Crippen LogP contribution in [0.1, 0.15) is 18.9 Å². The van der Waals surface area contributed by atoms with Crippen LogP contribution in [-0.2, 0) is 0 Å². The van der Waals surface area contributed by atoms with Crippen LogP contribution in [0.3, 0.4) is 0 Å². The van der Waals surface area contributed by atoms with Gasteiger partial charge in [-0.25, -0.2) is 19.0 Å². The highest BCUT2D eigenvalue weighted by molar-refractivity contribution is 5.98. The highest BCUT2D eigenvalue weighted by atomic mass is 19.2. The second kappa shape index (κ2) is 5.50. The molecule has 88 valence electrons. The van der Waals surface area contributed by atoms with Crippen LogP contribution in [0, 0.1) is 17.5 Å². The molecular formula is C10H12F3N3. The van der Waals surface area contributed by atoms with Gasteiger partial charge in [-0.2, -0.15) is 0 Å². The van der Waals surface area contributed by atoms with Crippen LogP contribution >= 0.6 is 0 Å². The minimum absolute atomic E-state index is 0.00162. The first-order valence-corrected chi connectivity index (χ1v) is 4.76. The third-order valence-electron chi connectivity index (χ3n) is 1.92. The fraction of sp³-hybridized carbons (Fsp3) is 0.300. The molecule has 3 N–H and O–H groups in total. The van der Waals surface area contributed by atoms with Crippen molar-refractivity contribution in [3.05, 3.63) is 35.1 Å². The third-order valence-corrected chi connectivity index (χ3v) is 1.92. The van der Waals surface area contributed by atoms with Gasteiger partial charge in [-0.05, 0) is 18.6 Å². The van der Waals surface area contributed by atoms with Crippen molar-refractivity contribution < 1.29 is 13.2 Å². The fourth-order valence-corrected chi connectivity index (χ4v) is 1.14. The number of benzene rings is 1. The van der Waals surface area contributed by atoms with Crippen molar-refractivity contribution in [2.24, 2.45) is 10.8 Å². The monoisotopic (exact) mass is 231 g/mol. The molecule has 0 bridgehead atoms. The Balaban J connectivity index is 3.16. The molecule has 0 saturated heterocycles. The van der Waals surface area contributed by atoms with Gasteiger partial charge >= 0.3 is 0 Å². The molecule has 0 aromatic heterocycles. The first-order valence-electron chi connectivity index (χ1n) is 4.76. The van der Waals surface area contributed by atoms with Crippen LogP contribution in [0.25, 0.3) is 0 Å². The summed E-state index contributed by atoms with van der Waals surface area (Å²) in [6.07, 6.45) is 0.733. The Morgan fingerprint density at radius 2 is 2.00 bits per heavy atom. The van der Waals surface area contributed by atoms with Gasteiger partial charge in [-0.15, -0.1) is 0 Å². The minimum Gasteiger partial charge on any atom is -0.308 e. The van der Waals surface area contributed by atoms with Gasteiger partial charge in [0.15, 0.2) is 17.5 Å². The number of aliphatic imine (C=N–C) groups is 1. The molecule has 0 amide bonds. The number of nitrogens with zero attached hydrogens (tertiary/aromatic N) is 1.